The lowest BCUT2D eigenvalue weighted by molar-refractivity contribution is 0.205. The molecule has 1 aromatic heterocycles. The SMILES string of the molecule is CC(C)CNCc1nc(C2CSc3ccccc3O2)no1. The first kappa shape index (κ1) is 14.4. The van der Waals surface area contributed by atoms with E-state index in [-0.39, 0.29) is 6.10 Å². The molecule has 0 fully saturated rings. The van der Waals surface area contributed by atoms with E-state index in [0.717, 1.165) is 22.9 Å². The number of hydrogen-bond donors (Lipinski definition) is 1. The van der Waals surface area contributed by atoms with Gasteiger partial charge in [-0.3, -0.25) is 0 Å². The van der Waals surface area contributed by atoms with Gasteiger partial charge in [-0.15, -0.1) is 11.8 Å². The predicted molar refractivity (Wildman–Crippen MR) is 81.4 cm³/mol. The van der Waals surface area contributed by atoms with Crippen LogP contribution in [0.1, 0.15) is 31.7 Å². The molecular weight excluding hydrogens is 286 g/mol. The number of thioether (sulfide) groups is 1. The Morgan fingerprint density at radius 2 is 2.24 bits per heavy atom. The summed E-state index contributed by atoms with van der Waals surface area (Å²) in [5, 5.41) is 7.34. The number of nitrogens with one attached hydrogen (secondary N) is 1. The number of aromatic nitrogens is 2. The van der Waals surface area contributed by atoms with Crippen molar-refractivity contribution in [3.8, 4) is 5.75 Å². The Morgan fingerprint density at radius 3 is 3.10 bits per heavy atom. The van der Waals surface area contributed by atoms with Gasteiger partial charge in [-0.1, -0.05) is 31.1 Å². The van der Waals surface area contributed by atoms with Crippen molar-refractivity contribution in [2.45, 2.75) is 31.4 Å². The highest BCUT2D eigenvalue weighted by atomic mass is 32.2. The van der Waals surface area contributed by atoms with Gasteiger partial charge in [0.15, 0.2) is 6.10 Å². The van der Waals surface area contributed by atoms with Crippen molar-refractivity contribution < 1.29 is 9.26 Å². The fraction of sp³-hybridized carbons (Fsp3) is 0.467. The van der Waals surface area contributed by atoms with Crippen LogP contribution in [0.3, 0.4) is 0 Å². The minimum absolute atomic E-state index is 0.146. The molecular formula is C15H19N3O2S. The average Bonchev–Trinajstić information content (AvgIpc) is 2.95. The highest BCUT2D eigenvalue weighted by Crippen LogP contribution is 2.39. The van der Waals surface area contributed by atoms with E-state index in [2.05, 4.69) is 35.4 Å². The Hall–Kier alpha value is -1.53. The monoisotopic (exact) mass is 305 g/mol. The number of rotatable bonds is 5. The molecule has 0 spiro atoms. The lowest BCUT2D eigenvalue weighted by atomic mass is 10.2. The van der Waals surface area contributed by atoms with E-state index in [1.165, 1.54) is 0 Å². The van der Waals surface area contributed by atoms with Gasteiger partial charge in [0, 0.05) is 10.6 Å². The minimum atomic E-state index is -0.146. The fourth-order valence-corrected chi connectivity index (χ4v) is 3.07. The van der Waals surface area contributed by atoms with Gasteiger partial charge in [0.05, 0.1) is 6.54 Å². The van der Waals surface area contributed by atoms with Crippen LogP contribution in [0.25, 0.3) is 0 Å². The lowest BCUT2D eigenvalue weighted by Gasteiger charge is -2.22. The van der Waals surface area contributed by atoms with Gasteiger partial charge in [0.25, 0.3) is 0 Å². The zero-order valence-corrected chi connectivity index (χ0v) is 13.0. The molecule has 2 aromatic rings. The molecule has 112 valence electrons. The van der Waals surface area contributed by atoms with E-state index in [1.807, 2.05) is 18.2 Å². The molecule has 2 heterocycles. The summed E-state index contributed by atoms with van der Waals surface area (Å²) in [4.78, 5) is 5.59. The van der Waals surface area contributed by atoms with E-state index in [1.54, 1.807) is 11.8 Å². The molecule has 1 unspecified atom stereocenters. The predicted octanol–water partition coefficient (Wildman–Crippen LogP) is 3.04. The van der Waals surface area contributed by atoms with Crippen LogP contribution < -0.4 is 10.1 Å². The molecule has 0 aliphatic carbocycles. The van der Waals surface area contributed by atoms with Gasteiger partial charge in [-0.25, -0.2) is 0 Å². The van der Waals surface area contributed by atoms with Crippen LogP contribution in [0.2, 0.25) is 0 Å². The molecule has 5 nitrogen and oxygen atoms in total. The third kappa shape index (κ3) is 3.57. The van der Waals surface area contributed by atoms with E-state index < -0.39 is 0 Å². The van der Waals surface area contributed by atoms with Crippen LogP contribution in [0.4, 0.5) is 0 Å². The first-order valence-corrected chi connectivity index (χ1v) is 8.12. The Balaban J connectivity index is 1.62. The quantitative estimate of drug-likeness (QED) is 0.916. The number of benzene rings is 1. The summed E-state index contributed by atoms with van der Waals surface area (Å²) in [6, 6.07) is 8.02. The van der Waals surface area contributed by atoms with E-state index in [9.17, 15) is 0 Å². The van der Waals surface area contributed by atoms with Crippen LogP contribution in [0.5, 0.6) is 5.75 Å². The van der Waals surface area contributed by atoms with Crippen LogP contribution >= 0.6 is 11.8 Å². The van der Waals surface area contributed by atoms with Gasteiger partial charge in [0.1, 0.15) is 5.75 Å². The maximum absolute atomic E-state index is 5.95. The van der Waals surface area contributed by atoms with Crippen molar-refractivity contribution >= 4 is 11.8 Å². The second-order valence-electron chi connectivity index (χ2n) is 5.44. The van der Waals surface area contributed by atoms with Crippen molar-refractivity contribution in [1.29, 1.82) is 0 Å². The highest BCUT2D eigenvalue weighted by molar-refractivity contribution is 7.99. The summed E-state index contributed by atoms with van der Waals surface area (Å²) >= 11 is 1.76. The zero-order valence-electron chi connectivity index (χ0n) is 12.2. The summed E-state index contributed by atoms with van der Waals surface area (Å²) < 4.78 is 11.2. The summed E-state index contributed by atoms with van der Waals surface area (Å²) in [6.07, 6.45) is -0.146. The molecule has 1 N–H and O–H groups in total. The van der Waals surface area contributed by atoms with Gasteiger partial charge < -0.3 is 14.6 Å². The number of fused-ring (bicyclic) bond motifs is 1. The number of hydrogen-bond acceptors (Lipinski definition) is 6. The molecule has 6 heteroatoms. The molecule has 21 heavy (non-hydrogen) atoms. The summed E-state index contributed by atoms with van der Waals surface area (Å²) in [7, 11) is 0. The standard InChI is InChI=1S/C15H19N3O2S/c1-10(2)7-16-8-14-17-15(18-20-14)12-9-21-13-6-4-3-5-11(13)19-12/h3-6,10,12,16H,7-9H2,1-2H3. The molecule has 1 aliphatic rings. The van der Waals surface area contributed by atoms with Crippen molar-refractivity contribution in [3.63, 3.8) is 0 Å². The van der Waals surface area contributed by atoms with Crippen LogP contribution in [0.15, 0.2) is 33.7 Å². The first-order valence-electron chi connectivity index (χ1n) is 7.14. The molecule has 3 rings (SSSR count). The van der Waals surface area contributed by atoms with Crippen LogP contribution in [0, 0.1) is 5.92 Å². The van der Waals surface area contributed by atoms with Crippen LogP contribution in [-0.4, -0.2) is 22.4 Å². The normalized spacial score (nSPS) is 17.6. The lowest BCUT2D eigenvalue weighted by Crippen LogP contribution is -2.19. The smallest absolute Gasteiger partial charge is 0.240 e. The van der Waals surface area contributed by atoms with E-state index >= 15 is 0 Å². The Morgan fingerprint density at radius 1 is 1.38 bits per heavy atom. The largest absolute Gasteiger partial charge is 0.480 e. The van der Waals surface area contributed by atoms with E-state index in [4.69, 9.17) is 9.26 Å². The zero-order chi connectivity index (χ0) is 14.7. The summed E-state index contributed by atoms with van der Waals surface area (Å²) in [5.41, 5.74) is 0. The Labute approximate surface area is 128 Å². The Bertz CT molecular complexity index is 600. The number of para-hydroxylation sites is 1. The summed E-state index contributed by atoms with van der Waals surface area (Å²) in [6.45, 7) is 5.86. The van der Waals surface area contributed by atoms with Crippen molar-refractivity contribution in [2.75, 3.05) is 12.3 Å². The molecule has 1 aliphatic heterocycles. The fourth-order valence-electron chi connectivity index (χ4n) is 2.09. The average molecular weight is 305 g/mol. The molecule has 0 saturated heterocycles. The van der Waals surface area contributed by atoms with Gasteiger partial charge >= 0.3 is 0 Å². The van der Waals surface area contributed by atoms with Crippen molar-refractivity contribution in [2.24, 2.45) is 5.92 Å². The molecule has 0 amide bonds. The summed E-state index contributed by atoms with van der Waals surface area (Å²) in [5.74, 6) is 3.52. The van der Waals surface area contributed by atoms with E-state index in [0.29, 0.717) is 24.2 Å². The molecule has 1 atom stereocenters. The topological polar surface area (TPSA) is 60.2 Å². The van der Waals surface area contributed by atoms with Crippen molar-refractivity contribution in [1.82, 2.24) is 15.5 Å². The third-order valence-electron chi connectivity index (χ3n) is 3.11. The number of ether oxygens (including phenoxy) is 1. The van der Waals surface area contributed by atoms with Crippen LogP contribution in [-0.2, 0) is 6.54 Å². The third-order valence-corrected chi connectivity index (χ3v) is 4.23. The second-order valence-corrected chi connectivity index (χ2v) is 6.50. The van der Waals surface area contributed by atoms with Gasteiger partial charge in [-0.05, 0) is 24.6 Å². The number of nitrogens with zero attached hydrogens (tertiary/aromatic N) is 2. The molecule has 0 saturated carbocycles. The molecule has 0 radical (unpaired) electrons. The van der Waals surface area contributed by atoms with Gasteiger partial charge in [-0.2, -0.15) is 4.98 Å². The maximum Gasteiger partial charge on any atom is 0.240 e. The minimum Gasteiger partial charge on any atom is -0.480 e. The second kappa shape index (κ2) is 6.49. The highest BCUT2D eigenvalue weighted by Gasteiger charge is 2.25. The Kier molecular flexibility index (Phi) is 4.45. The first-order chi connectivity index (χ1) is 10.2. The van der Waals surface area contributed by atoms with Gasteiger partial charge in [0.2, 0.25) is 11.7 Å². The van der Waals surface area contributed by atoms with Crippen molar-refractivity contribution in [3.05, 3.63) is 36.0 Å². The molecule has 0 bridgehead atoms. The molecule has 1 aromatic carbocycles. The maximum atomic E-state index is 5.95.